The fraction of sp³-hybridized carbons (Fsp3) is 0.273. The summed E-state index contributed by atoms with van der Waals surface area (Å²) in [7, 11) is 3.89. The summed E-state index contributed by atoms with van der Waals surface area (Å²) in [4.78, 5) is 6.09. The molecule has 2 heterocycles. The van der Waals surface area contributed by atoms with E-state index in [0.29, 0.717) is 5.69 Å². The second-order valence-corrected chi connectivity index (χ2v) is 4.79. The minimum Gasteiger partial charge on any atom is -0.396 e. The summed E-state index contributed by atoms with van der Waals surface area (Å²) < 4.78 is 2.68. The summed E-state index contributed by atoms with van der Waals surface area (Å²) in [6.07, 6.45) is 7.23. The fourth-order valence-corrected chi connectivity index (χ4v) is 2.40. The standard InChI is InChI=1S/C11H14BrN5/c1-16(6-8-3-15-17(2)7-8)11-9(12)4-14-5-10(11)13/h3-5,7H,6,13H2,1-2H3. The first-order chi connectivity index (χ1) is 8.08. The van der Waals surface area contributed by atoms with Crippen LogP contribution < -0.4 is 10.6 Å². The average Bonchev–Trinajstić information content (AvgIpc) is 2.63. The molecule has 0 radical (unpaired) electrons. The maximum Gasteiger partial charge on any atom is 0.0776 e. The molecule has 2 aromatic heterocycles. The molecule has 6 heteroatoms. The molecule has 0 aliphatic heterocycles. The molecule has 0 aliphatic carbocycles. The molecule has 0 saturated heterocycles. The highest BCUT2D eigenvalue weighted by Gasteiger charge is 2.11. The number of pyridine rings is 1. The van der Waals surface area contributed by atoms with Gasteiger partial charge in [-0.2, -0.15) is 5.10 Å². The number of anilines is 2. The number of hydrogen-bond donors (Lipinski definition) is 1. The third-order valence-electron chi connectivity index (χ3n) is 2.46. The highest BCUT2D eigenvalue weighted by molar-refractivity contribution is 9.10. The highest BCUT2D eigenvalue weighted by atomic mass is 79.9. The van der Waals surface area contributed by atoms with E-state index in [4.69, 9.17) is 5.73 Å². The third kappa shape index (κ3) is 2.58. The van der Waals surface area contributed by atoms with Crippen LogP contribution in [-0.4, -0.2) is 21.8 Å². The molecule has 0 saturated carbocycles. The van der Waals surface area contributed by atoms with Crippen molar-refractivity contribution in [3.8, 4) is 0 Å². The number of nitrogens with two attached hydrogens (primary N) is 1. The molecule has 2 N–H and O–H groups in total. The van der Waals surface area contributed by atoms with Crippen LogP contribution in [-0.2, 0) is 13.6 Å². The Balaban J connectivity index is 2.22. The predicted octanol–water partition coefficient (Wildman–Crippen LogP) is 1.80. The van der Waals surface area contributed by atoms with Crippen molar-refractivity contribution in [3.05, 3.63) is 34.8 Å². The van der Waals surface area contributed by atoms with Crippen molar-refractivity contribution in [3.63, 3.8) is 0 Å². The lowest BCUT2D eigenvalue weighted by Gasteiger charge is -2.21. The van der Waals surface area contributed by atoms with Crippen LogP contribution in [0.3, 0.4) is 0 Å². The van der Waals surface area contributed by atoms with E-state index in [1.165, 1.54) is 0 Å². The molecule has 0 fully saturated rings. The predicted molar refractivity (Wildman–Crippen MR) is 71.7 cm³/mol. The van der Waals surface area contributed by atoms with Gasteiger partial charge in [0, 0.05) is 38.6 Å². The number of nitrogen functional groups attached to an aromatic ring is 1. The molecular formula is C11H14BrN5. The Morgan fingerprint density at radius 2 is 2.18 bits per heavy atom. The van der Waals surface area contributed by atoms with Gasteiger partial charge in [0.2, 0.25) is 0 Å². The van der Waals surface area contributed by atoms with Crippen molar-refractivity contribution in [2.45, 2.75) is 6.54 Å². The van der Waals surface area contributed by atoms with Gasteiger partial charge < -0.3 is 10.6 Å². The van der Waals surface area contributed by atoms with Gasteiger partial charge in [-0.15, -0.1) is 0 Å². The zero-order valence-electron chi connectivity index (χ0n) is 9.76. The van der Waals surface area contributed by atoms with Crippen LogP contribution >= 0.6 is 15.9 Å². The summed E-state index contributed by atoms with van der Waals surface area (Å²) in [5, 5.41) is 4.14. The molecule has 90 valence electrons. The maximum atomic E-state index is 5.93. The Labute approximate surface area is 108 Å². The smallest absolute Gasteiger partial charge is 0.0776 e. The van der Waals surface area contributed by atoms with Crippen molar-refractivity contribution in [2.75, 3.05) is 17.7 Å². The van der Waals surface area contributed by atoms with Crippen LogP contribution in [0.1, 0.15) is 5.56 Å². The summed E-state index contributed by atoms with van der Waals surface area (Å²) in [5.41, 5.74) is 8.67. The van der Waals surface area contributed by atoms with Crippen molar-refractivity contribution < 1.29 is 0 Å². The van der Waals surface area contributed by atoms with E-state index in [1.54, 1.807) is 17.1 Å². The molecule has 5 nitrogen and oxygen atoms in total. The van der Waals surface area contributed by atoms with Gasteiger partial charge in [0.05, 0.1) is 28.2 Å². The van der Waals surface area contributed by atoms with Gasteiger partial charge in [-0.3, -0.25) is 9.67 Å². The van der Waals surface area contributed by atoms with E-state index in [1.807, 2.05) is 26.5 Å². The zero-order valence-corrected chi connectivity index (χ0v) is 11.3. The van der Waals surface area contributed by atoms with E-state index in [9.17, 15) is 0 Å². The quantitative estimate of drug-likeness (QED) is 0.938. The number of aryl methyl sites for hydroxylation is 1. The first-order valence-corrected chi connectivity index (χ1v) is 5.95. The molecule has 0 unspecified atom stereocenters. The summed E-state index contributed by atoms with van der Waals surface area (Å²) >= 11 is 3.46. The molecule has 0 spiro atoms. The lowest BCUT2D eigenvalue weighted by atomic mass is 10.3. The van der Waals surface area contributed by atoms with Crippen molar-refractivity contribution >= 4 is 27.3 Å². The second-order valence-electron chi connectivity index (χ2n) is 3.94. The first-order valence-electron chi connectivity index (χ1n) is 5.15. The number of aromatic nitrogens is 3. The average molecular weight is 296 g/mol. The Morgan fingerprint density at radius 3 is 2.76 bits per heavy atom. The minimum absolute atomic E-state index is 0.658. The van der Waals surface area contributed by atoms with E-state index >= 15 is 0 Å². The molecule has 2 rings (SSSR count). The SMILES string of the molecule is CN(Cc1cnn(C)c1)c1c(N)cncc1Br. The van der Waals surface area contributed by atoms with Crippen LogP contribution in [0.15, 0.2) is 29.3 Å². The van der Waals surface area contributed by atoms with Gasteiger partial charge in [0.1, 0.15) is 0 Å². The van der Waals surface area contributed by atoms with E-state index in [0.717, 1.165) is 22.3 Å². The topological polar surface area (TPSA) is 60.0 Å². The summed E-state index contributed by atoms with van der Waals surface area (Å²) in [6, 6.07) is 0. The zero-order chi connectivity index (χ0) is 12.4. The Kier molecular flexibility index (Phi) is 3.33. The molecule has 17 heavy (non-hydrogen) atoms. The van der Waals surface area contributed by atoms with Gasteiger partial charge in [-0.05, 0) is 15.9 Å². The first kappa shape index (κ1) is 11.9. The van der Waals surface area contributed by atoms with Crippen molar-refractivity contribution in [1.82, 2.24) is 14.8 Å². The molecular weight excluding hydrogens is 282 g/mol. The monoisotopic (exact) mass is 295 g/mol. The summed E-state index contributed by atoms with van der Waals surface area (Å²) in [5.74, 6) is 0. The van der Waals surface area contributed by atoms with Gasteiger partial charge >= 0.3 is 0 Å². The van der Waals surface area contributed by atoms with Crippen LogP contribution in [0, 0.1) is 0 Å². The second kappa shape index (κ2) is 4.75. The number of rotatable bonds is 3. The minimum atomic E-state index is 0.658. The number of nitrogens with zero attached hydrogens (tertiary/aromatic N) is 4. The molecule has 0 aliphatic rings. The van der Waals surface area contributed by atoms with E-state index in [-0.39, 0.29) is 0 Å². The molecule has 0 aromatic carbocycles. The lowest BCUT2D eigenvalue weighted by molar-refractivity contribution is 0.766. The largest absolute Gasteiger partial charge is 0.396 e. The lowest BCUT2D eigenvalue weighted by Crippen LogP contribution is -2.18. The van der Waals surface area contributed by atoms with Crippen LogP contribution in [0.25, 0.3) is 0 Å². The number of hydrogen-bond acceptors (Lipinski definition) is 4. The Morgan fingerprint density at radius 1 is 1.41 bits per heavy atom. The van der Waals surface area contributed by atoms with Gasteiger partial charge in [-0.25, -0.2) is 0 Å². The molecule has 2 aromatic rings. The molecule has 0 amide bonds. The highest BCUT2D eigenvalue weighted by Crippen LogP contribution is 2.30. The number of halogens is 1. The third-order valence-corrected chi connectivity index (χ3v) is 3.04. The van der Waals surface area contributed by atoms with Crippen LogP contribution in [0.2, 0.25) is 0 Å². The molecule has 0 bridgehead atoms. The fourth-order valence-electron chi connectivity index (χ4n) is 1.75. The van der Waals surface area contributed by atoms with E-state index < -0.39 is 0 Å². The van der Waals surface area contributed by atoms with Gasteiger partial charge in [0.15, 0.2) is 0 Å². The summed E-state index contributed by atoms with van der Waals surface area (Å²) in [6.45, 7) is 0.751. The molecule has 0 atom stereocenters. The van der Waals surface area contributed by atoms with Crippen molar-refractivity contribution in [1.29, 1.82) is 0 Å². The van der Waals surface area contributed by atoms with Crippen molar-refractivity contribution in [2.24, 2.45) is 7.05 Å². The van der Waals surface area contributed by atoms with Crippen LogP contribution in [0.5, 0.6) is 0 Å². The van der Waals surface area contributed by atoms with Gasteiger partial charge in [-0.1, -0.05) is 0 Å². The normalized spacial score (nSPS) is 10.5. The van der Waals surface area contributed by atoms with E-state index in [2.05, 4.69) is 30.9 Å². The Hall–Kier alpha value is -1.56. The maximum absolute atomic E-state index is 5.93. The Bertz CT molecular complexity index is 502. The van der Waals surface area contributed by atoms with Crippen LogP contribution in [0.4, 0.5) is 11.4 Å². The van der Waals surface area contributed by atoms with Gasteiger partial charge in [0.25, 0.3) is 0 Å².